The molecule has 1 rings (SSSR count). The number of carbonyl (C=O) groups excluding carboxylic acids is 1. The van der Waals surface area contributed by atoms with Crippen molar-refractivity contribution in [2.24, 2.45) is 0 Å². The Hall–Kier alpha value is -2.06. The number of rotatable bonds is 7. The number of nitrogens with zero attached hydrogens (tertiary/aromatic N) is 2. The Kier molecular flexibility index (Phi) is 6.41. The van der Waals surface area contributed by atoms with Gasteiger partial charge in [-0.25, -0.2) is 0 Å². The van der Waals surface area contributed by atoms with Gasteiger partial charge in [-0.1, -0.05) is 6.92 Å². The van der Waals surface area contributed by atoms with E-state index in [1.807, 2.05) is 13.0 Å². The van der Waals surface area contributed by atoms with E-state index in [-0.39, 0.29) is 19.1 Å². The van der Waals surface area contributed by atoms with Crippen molar-refractivity contribution in [2.75, 3.05) is 26.3 Å². The van der Waals surface area contributed by atoms with Gasteiger partial charge in [-0.3, -0.25) is 4.79 Å². The Morgan fingerprint density at radius 2 is 2.05 bits per heavy atom. The van der Waals surface area contributed by atoms with Crippen LogP contribution in [0.2, 0.25) is 0 Å². The standard InChI is InChI=1S/C14H18N2O3/c1-2-7-16(8-9-17)14(18)11-19-13-5-3-12(10-15)4-6-13/h3-6,17H,2,7-9,11H2,1H3. The van der Waals surface area contributed by atoms with Gasteiger partial charge in [-0.2, -0.15) is 5.26 Å². The zero-order chi connectivity index (χ0) is 14.1. The maximum atomic E-state index is 11.9. The van der Waals surface area contributed by atoms with Gasteiger partial charge in [0.15, 0.2) is 6.61 Å². The summed E-state index contributed by atoms with van der Waals surface area (Å²) in [5, 5.41) is 17.6. The van der Waals surface area contributed by atoms with Gasteiger partial charge in [0.1, 0.15) is 5.75 Å². The number of aliphatic hydroxyl groups excluding tert-OH is 1. The van der Waals surface area contributed by atoms with Crippen LogP contribution in [0.25, 0.3) is 0 Å². The summed E-state index contributed by atoms with van der Waals surface area (Å²) in [4.78, 5) is 13.4. The van der Waals surface area contributed by atoms with Crippen LogP contribution >= 0.6 is 0 Å². The minimum atomic E-state index is -0.153. The molecule has 1 aromatic rings. The van der Waals surface area contributed by atoms with Crippen molar-refractivity contribution in [2.45, 2.75) is 13.3 Å². The Labute approximate surface area is 113 Å². The third-order valence-electron chi connectivity index (χ3n) is 2.56. The summed E-state index contributed by atoms with van der Waals surface area (Å²) in [6.07, 6.45) is 0.836. The lowest BCUT2D eigenvalue weighted by molar-refractivity contribution is -0.133. The molecule has 0 fully saturated rings. The highest BCUT2D eigenvalue weighted by atomic mass is 16.5. The molecule has 0 saturated carbocycles. The summed E-state index contributed by atoms with van der Waals surface area (Å²) in [5.41, 5.74) is 0.548. The summed E-state index contributed by atoms with van der Waals surface area (Å²) < 4.78 is 5.36. The molecule has 0 unspecified atom stereocenters. The molecule has 0 aliphatic rings. The van der Waals surface area contributed by atoms with Gasteiger partial charge in [0.05, 0.1) is 18.2 Å². The van der Waals surface area contributed by atoms with Crippen LogP contribution in [-0.2, 0) is 4.79 Å². The smallest absolute Gasteiger partial charge is 0.260 e. The first-order valence-electron chi connectivity index (χ1n) is 6.22. The van der Waals surface area contributed by atoms with Crippen LogP contribution in [0.5, 0.6) is 5.75 Å². The molecule has 0 aliphatic carbocycles. The van der Waals surface area contributed by atoms with Crippen molar-refractivity contribution in [3.63, 3.8) is 0 Å². The molecule has 0 spiro atoms. The second-order valence-corrected chi connectivity index (χ2v) is 4.03. The van der Waals surface area contributed by atoms with E-state index in [0.717, 1.165) is 6.42 Å². The lowest BCUT2D eigenvalue weighted by atomic mass is 10.2. The highest BCUT2D eigenvalue weighted by Gasteiger charge is 2.12. The number of amides is 1. The molecule has 0 aliphatic heterocycles. The van der Waals surface area contributed by atoms with Gasteiger partial charge in [-0.15, -0.1) is 0 Å². The van der Waals surface area contributed by atoms with Crippen LogP contribution in [0.15, 0.2) is 24.3 Å². The number of benzene rings is 1. The van der Waals surface area contributed by atoms with E-state index in [1.54, 1.807) is 29.2 Å². The van der Waals surface area contributed by atoms with Gasteiger partial charge in [0.2, 0.25) is 0 Å². The van der Waals surface area contributed by atoms with Crippen molar-refractivity contribution in [3.8, 4) is 11.8 Å². The van der Waals surface area contributed by atoms with Crippen LogP contribution in [0.1, 0.15) is 18.9 Å². The number of hydrogen-bond acceptors (Lipinski definition) is 4. The van der Waals surface area contributed by atoms with Crippen LogP contribution in [0.4, 0.5) is 0 Å². The van der Waals surface area contributed by atoms with Gasteiger partial charge in [-0.05, 0) is 30.7 Å². The van der Waals surface area contributed by atoms with Crippen molar-refractivity contribution in [1.29, 1.82) is 5.26 Å². The van der Waals surface area contributed by atoms with E-state index in [1.165, 1.54) is 0 Å². The minimum Gasteiger partial charge on any atom is -0.484 e. The average molecular weight is 262 g/mol. The van der Waals surface area contributed by atoms with Crippen LogP contribution in [-0.4, -0.2) is 42.2 Å². The summed E-state index contributed by atoms with van der Waals surface area (Å²) in [7, 11) is 0. The zero-order valence-electron chi connectivity index (χ0n) is 11.0. The summed E-state index contributed by atoms with van der Waals surface area (Å²) in [6, 6.07) is 8.59. The van der Waals surface area contributed by atoms with E-state index in [4.69, 9.17) is 15.1 Å². The first-order valence-corrected chi connectivity index (χ1v) is 6.22. The largest absolute Gasteiger partial charge is 0.484 e. The molecule has 19 heavy (non-hydrogen) atoms. The molecular formula is C14H18N2O3. The third-order valence-corrected chi connectivity index (χ3v) is 2.56. The normalized spacial score (nSPS) is 9.74. The first kappa shape index (κ1) is 15.0. The zero-order valence-corrected chi connectivity index (χ0v) is 11.0. The molecule has 5 nitrogen and oxygen atoms in total. The van der Waals surface area contributed by atoms with Gasteiger partial charge in [0.25, 0.3) is 5.91 Å². The Bertz CT molecular complexity index is 431. The van der Waals surface area contributed by atoms with E-state index in [0.29, 0.717) is 24.4 Å². The molecular weight excluding hydrogens is 244 g/mol. The third kappa shape index (κ3) is 4.98. The van der Waals surface area contributed by atoms with Crippen molar-refractivity contribution in [3.05, 3.63) is 29.8 Å². The number of aliphatic hydroxyl groups is 1. The number of carbonyl (C=O) groups is 1. The van der Waals surface area contributed by atoms with Crippen molar-refractivity contribution < 1.29 is 14.6 Å². The second-order valence-electron chi connectivity index (χ2n) is 4.03. The highest BCUT2D eigenvalue weighted by molar-refractivity contribution is 5.77. The average Bonchev–Trinajstić information content (AvgIpc) is 2.45. The van der Waals surface area contributed by atoms with Crippen LogP contribution < -0.4 is 4.74 Å². The fourth-order valence-corrected chi connectivity index (χ4v) is 1.61. The molecule has 0 radical (unpaired) electrons. The maximum absolute atomic E-state index is 11.9. The van der Waals surface area contributed by atoms with E-state index < -0.39 is 0 Å². The molecule has 5 heteroatoms. The van der Waals surface area contributed by atoms with E-state index >= 15 is 0 Å². The Morgan fingerprint density at radius 3 is 2.58 bits per heavy atom. The minimum absolute atomic E-state index is 0.0530. The fourth-order valence-electron chi connectivity index (χ4n) is 1.61. The molecule has 0 heterocycles. The van der Waals surface area contributed by atoms with Crippen molar-refractivity contribution >= 4 is 5.91 Å². The predicted molar refractivity (Wildman–Crippen MR) is 70.6 cm³/mol. The molecule has 1 aromatic carbocycles. The molecule has 0 saturated heterocycles. The SMILES string of the molecule is CCCN(CCO)C(=O)COc1ccc(C#N)cc1. The molecule has 0 aromatic heterocycles. The first-order chi connectivity index (χ1) is 9.21. The summed E-state index contributed by atoms with van der Waals surface area (Å²) in [6.45, 7) is 2.78. The monoisotopic (exact) mass is 262 g/mol. The lowest BCUT2D eigenvalue weighted by Gasteiger charge is -2.21. The van der Waals surface area contributed by atoms with Crippen LogP contribution in [0, 0.1) is 11.3 Å². The fraction of sp³-hybridized carbons (Fsp3) is 0.429. The number of hydrogen-bond donors (Lipinski definition) is 1. The molecule has 1 N–H and O–H groups in total. The van der Waals surface area contributed by atoms with Gasteiger partial charge >= 0.3 is 0 Å². The maximum Gasteiger partial charge on any atom is 0.260 e. The second kappa shape index (κ2) is 8.11. The highest BCUT2D eigenvalue weighted by Crippen LogP contribution is 2.11. The number of nitriles is 1. The van der Waals surface area contributed by atoms with Crippen LogP contribution in [0.3, 0.4) is 0 Å². The van der Waals surface area contributed by atoms with Crippen molar-refractivity contribution in [1.82, 2.24) is 4.90 Å². The quantitative estimate of drug-likeness (QED) is 0.800. The van der Waals surface area contributed by atoms with Gasteiger partial charge < -0.3 is 14.7 Å². The summed E-state index contributed by atoms with van der Waals surface area (Å²) >= 11 is 0. The lowest BCUT2D eigenvalue weighted by Crippen LogP contribution is -2.37. The summed E-state index contributed by atoms with van der Waals surface area (Å²) in [5.74, 6) is 0.396. The Balaban J connectivity index is 2.49. The molecule has 1 amide bonds. The van der Waals surface area contributed by atoms with E-state index in [9.17, 15) is 4.79 Å². The topological polar surface area (TPSA) is 73.6 Å². The molecule has 0 bridgehead atoms. The molecule has 102 valence electrons. The Morgan fingerprint density at radius 1 is 1.37 bits per heavy atom. The van der Waals surface area contributed by atoms with Gasteiger partial charge in [0, 0.05) is 13.1 Å². The number of ether oxygens (including phenoxy) is 1. The predicted octanol–water partition coefficient (Wildman–Crippen LogP) is 1.17. The van der Waals surface area contributed by atoms with E-state index in [2.05, 4.69) is 0 Å². The molecule has 0 atom stereocenters.